The first kappa shape index (κ1) is 8.58. The molecule has 0 fully saturated rings. The molecule has 0 aliphatic carbocycles. The Bertz CT molecular complexity index is 380. The number of aromatic nitrogens is 2. The van der Waals surface area contributed by atoms with Crippen LogP contribution in [-0.4, -0.2) is 9.78 Å². The molecule has 0 aromatic carbocycles. The average Bonchev–Trinajstić information content (AvgIpc) is 2.03. The van der Waals surface area contributed by atoms with Gasteiger partial charge in [-0.3, -0.25) is 4.79 Å². The average molecular weight is 186 g/mol. The van der Waals surface area contributed by atoms with E-state index in [4.69, 9.17) is 17.1 Å². The van der Waals surface area contributed by atoms with Gasteiger partial charge >= 0.3 is 0 Å². The van der Waals surface area contributed by atoms with Crippen LogP contribution in [0.1, 0.15) is 0 Å². The summed E-state index contributed by atoms with van der Waals surface area (Å²) in [5.41, 5.74) is 7.57. The summed E-state index contributed by atoms with van der Waals surface area (Å²) in [4.78, 5) is 13.5. The number of nitrogens with zero attached hydrogens (tertiary/aromatic N) is 5. The Hall–Kier alpha value is -1.52. The van der Waals surface area contributed by atoms with Gasteiger partial charge in [0.05, 0.1) is 11.2 Å². The van der Waals surface area contributed by atoms with Crippen molar-refractivity contribution < 1.29 is 0 Å². The normalized spacial score (nSPS) is 9.08. The smallest absolute Gasteiger partial charge is 0.268 e. The van der Waals surface area contributed by atoms with E-state index in [9.17, 15) is 4.79 Å². The zero-order valence-corrected chi connectivity index (χ0v) is 6.64. The van der Waals surface area contributed by atoms with Crippen molar-refractivity contribution in [3.05, 3.63) is 38.1 Å². The van der Waals surface area contributed by atoms with E-state index < -0.39 is 5.56 Å². The van der Waals surface area contributed by atoms with Crippen molar-refractivity contribution in [3.63, 3.8) is 0 Å². The minimum Gasteiger partial charge on any atom is -0.268 e. The van der Waals surface area contributed by atoms with E-state index in [1.54, 1.807) is 0 Å². The van der Waals surface area contributed by atoms with Gasteiger partial charge in [-0.1, -0.05) is 16.7 Å². The lowest BCUT2D eigenvalue weighted by Gasteiger charge is -1.96. The summed E-state index contributed by atoms with van der Waals surface area (Å²) < 4.78 is 1.01. The van der Waals surface area contributed by atoms with Crippen LogP contribution in [0.4, 0.5) is 0 Å². The molecule has 6 nitrogen and oxygen atoms in total. The van der Waals surface area contributed by atoms with Crippen molar-refractivity contribution in [2.45, 2.75) is 6.67 Å². The highest BCUT2D eigenvalue weighted by Gasteiger charge is 1.95. The standard InChI is InChI=1S/C5H4ClN5O/c6-4-1-5(12)11(9-2-4)3-8-10-7/h1-2H,3H2. The van der Waals surface area contributed by atoms with Crippen LogP contribution in [0.2, 0.25) is 5.02 Å². The highest BCUT2D eigenvalue weighted by molar-refractivity contribution is 6.30. The molecule has 0 amide bonds. The third-order valence-electron chi connectivity index (χ3n) is 1.10. The highest BCUT2D eigenvalue weighted by atomic mass is 35.5. The van der Waals surface area contributed by atoms with E-state index >= 15 is 0 Å². The second-order valence-electron chi connectivity index (χ2n) is 1.88. The summed E-state index contributed by atoms with van der Waals surface area (Å²) in [6.07, 6.45) is 1.30. The first-order valence-electron chi connectivity index (χ1n) is 2.97. The Morgan fingerprint density at radius 2 is 2.58 bits per heavy atom. The van der Waals surface area contributed by atoms with E-state index in [-0.39, 0.29) is 11.7 Å². The largest absolute Gasteiger partial charge is 0.268 e. The van der Waals surface area contributed by atoms with Crippen LogP contribution in [0.25, 0.3) is 10.4 Å². The van der Waals surface area contributed by atoms with Crippen LogP contribution < -0.4 is 5.56 Å². The second-order valence-corrected chi connectivity index (χ2v) is 2.32. The minimum absolute atomic E-state index is 0.119. The Labute approximate surface area is 72.0 Å². The van der Waals surface area contributed by atoms with E-state index in [1.165, 1.54) is 12.3 Å². The molecule has 0 radical (unpaired) electrons. The maximum Gasteiger partial charge on any atom is 0.268 e. The third-order valence-corrected chi connectivity index (χ3v) is 1.30. The fourth-order valence-corrected chi connectivity index (χ4v) is 0.743. The first-order valence-corrected chi connectivity index (χ1v) is 3.35. The van der Waals surface area contributed by atoms with Crippen molar-refractivity contribution in [1.82, 2.24) is 9.78 Å². The molecule has 0 saturated carbocycles. The lowest BCUT2D eigenvalue weighted by atomic mass is 10.6. The Morgan fingerprint density at radius 3 is 3.17 bits per heavy atom. The molecule has 7 heteroatoms. The zero-order chi connectivity index (χ0) is 8.97. The molecule has 1 heterocycles. The van der Waals surface area contributed by atoms with E-state index in [1.807, 2.05) is 0 Å². The van der Waals surface area contributed by atoms with Crippen LogP contribution in [0, 0.1) is 0 Å². The van der Waals surface area contributed by atoms with Crippen LogP contribution in [0.5, 0.6) is 0 Å². The molecule has 1 rings (SSSR count). The topological polar surface area (TPSA) is 83.7 Å². The summed E-state index contributed by atoms with van der Waals surface area (Å²) in [5, 5.41) is 7.05. The van der Waals surface area contributed by atoms with Crippen molar-refractivity contribution >= 4 is 11.6 Å². The molecule has 1 aromatic rings. The molecule has 0 unspecified atom stereocenters. The number of hydrogen-bond acceptors (Lipinski definition) is 3. The monoisotopic (exact) mass is 185 g/mol. The fourth-order valence-electron chi connectivity index (χ4n) is 0.606. The Balaban J connectivity index is 3.01. The molecule has 62 valence electrons. The number of halogens is 1. The predicted molar refractivity (Wildman–Crippen MR) is 42.7 cm³/mol. The summed E-state index contributed by atoms with van der Waals surface area (Å²) in [6, 6.07) is 1.20. The predicted octanol–water partition coefficient (Wildman–Crippen LogP) is 1.16. The van der Waals surface area contributed by atoms with E-state index in [0.29, 0.717) is 0 Å². The van der Waals surface area contributed by atoms with Gasteiger partial charge in [-0.05, 0) is 5.53 Å². The Morgan fingerprint density at radius 1 is 1.83 bits per heavy atom. The van der Waals surface area contributed by atoms with Gasteiger partial charge in [-0.2, -0.15) is 5.10 Å². The SMILES string of the molecule is [N-]=[N+]=NCn1ncc(Cl)cc1=O. The number of azide groups is 1. The molecule has 0 saturated heterocycles. The van der Waals surface area contributed by atoms with Crippen molar-refractivity contribution in [3.8, 4) is 0 Å². The molecule has 0 spiro atoms. The lowest BCUT2D eigenvalue weighted by molar-refractivity contribution is 0.595. The molecular formula is C5H4ClN5O. The van der Waals surface area contributed by atoms with Crippen LogP contribution in [0.3, 0.4) is 0 Å². The summed E-state index contributed by atoms with van der Waals surface area (Å²) in [6.45, 7) is -0.119. The Kier molecular flexibility index (Phi) is 2.68. The van der Waals surface area contributed by atoms with Crippen LogP contribution >= 0.6 is 11.6 Å². The van der Waals surface area contributed by atoms with Gasteiger partial charge < -0.3 is 0 Å². The van der Waals surface area contributed by atoms with Gasteiger partial charge in [0, 0.05) is 11.0 Å². The quantitative estimate of drug-likeness (QED) is 0.394. The molecule has 0 N–H and O–H groups in total. The van der Waals surface area contributed by atoms with Gasteiger partial charge in [-0.25, -0.2) is 4.68 Å². The maximum atomic E-state index is 11.0. The fraction of sp³-hybridized carbons (Fsp3) is 0.200. The van der Waals surface area contributed by atoms with E-state index in [2.05, 4.69) is 15.1 Å². The van der Waals surface area contributed by atoms with Gasteiger partial charge in [0.2, 0.25) is 0 Å². The third kappa shape index (κ3) is 1.98. The summed E-state index contributed by atoms with van der Waals surface area (Å²) in [7, 11) is 0. The van der Waals surface area contributed by atoms with Gasteiger partial charge in [0.15, 0.2) is 0 Å². The molecule has 1 aromatic heterocycles. The van der Waals surface area contributed by atoms with Crippen molar-refractivity contribution in [1.29, 1.82) is 0 Å². The highest BCUT2D eigenvalue weighted by Crippen LogP contribution is 1.98. The van der Waals surface area contributed by atoms with Crippen LogP contribution in [-0.2, 0) is 6.67 Å². The molecule has 0 atom stereocenters. The maximum absolute atomic E-state index is 11.0. The molecule has 0 bridgehead atoms. The lowest BCUT2D eigenvalue weighted by Crippen LogP contribution is -2.20. The number of hydrogen-bond donors (Lipinski definition) is 0. The number of rotatable bonds is 2. The van der Waals surface area contributed by atoms with Gasteiger partial charge in [-0.15, -0.1) is 0 Å². The van der Waals surface area contributed by atoms with Crippen molar-refractivity contribution in [2.24, 2.45) is 5.11 Å². The van der Waals surface area contributed by atoms with Gasteiger partial charge in [0.1, 0.15) is 6.67 Å². The summed E-state index contributed by atoms with van der Waals surface area (Å²) >= 11 is 5.47. The molecule has 0 aliphatic rings. The van der Waals surface area contributed by atoms with Gasteiger partial charge in [0.25, 0.3) is 5.56 Å². The second kappa shape index (κ2) is 3.75. The minimum atomic E-state index is -0.394. The molecule has 0 aliphatic heterocycles. The van der Waals surface area contributed by atoms with Crippen LogP contribution in [0.15, 0.2) is 22.2 Å². The van der Waals surface area contributed by atoms with Crippen molar-refractivity contribution in [2.75, 3.05) is 0 Å². The summed E-state index contributed by atoms with van der Waals surface area (Å²) in [5.74, 6) is 0. The first-order chi connectivity index (χ1) is 5.74. The zero-order valence-electron chi connectivity index (χ0n) is 5.88. The van der Waals surface area contributed by atoms with E-state index in [0.717, 1.165) is 4.68 Å². The molecular weight excluding hydrogens is 182 g/mol. The molecule has 12 heavy (non-hydrogen) atoms.